The summed E-state index contributed by atoms with van der Waals surface area (Å²) in [6.45, 7) is 3.45. The van der Waals surface area contributed by atoms with Crippen LogP contribution < -0.4 is 11.5 Å². The molecular weight excluding hydrogens is 725 g/mol. The van der Waals surface area contributed by atoms with Crippen molar-refractivity contribution in [1.29, 1.82) is 0 Å². The Morgan fingerprint density at radius 2 is 1.12 bits per heavy atom. The zero-order valence-corrected chi connectivity index (χ0v) is 29.2. The summed E-state index contributed by atoms with van der Waals surface area (Å²) in [5.74, 6) is -0.276. The molecule has 0 saturated heterocycles. The number of anilines is 2. The number of nitrogen functional groups attached to an aromatic ring is 2. The van der Waals surface area contributed by atoms with Gasteiger partial charge in [0.05, 0.1) is 33.9 Å². The molecule has 0 bridgehead atoms. The minimum Gasteiger partial charge on any atom is -0.478 e. The molecule has 0 saturated carbocycles. The molecule has 50 heavy (non-hydrogen) atoms. The van der Waals surface area contributed by atoms with Crippen LogP contribution in [0.3, 0.4) is 0 Å². The van der Waals surface area contributed by atoms with Crippen molar-refractivity contribution in [3.8, 4) is 11.4 Å². The van der Waals surface area contributed by atoms with E-state index in [9.17, 15) is 19.8 Å². The molecule has 6 N–H and O–H groups in total. The number of hydrogen-bond acceptors (Lipinski definition) is 18. The second kappa shape index (κ2) is 14.9. The summed E-state index contributed by atoms with van der Waals surface area (Å²) < 4.78 is 4.25. The molecule has 0 amide bonds. The van der Waals surface area contributed by atoms with Gasteiger partial charge < -0.3 is 21.7 Å². The molecule has 254 valence electrons. The van der Waals surface area contributed by atoms with Gasteiger partial charge in [-0.1, -0.05) is 58.3 Å². The Morgan fingerprint density at radius 1 is 0.700 bits per heavy atom. The van der Waals surface area contributed by atoms with E-state index in [1.54, 1.807) is 38.1 Å². The summed E-state index contributed by atoms with van der Waals surface area (Å²) in [5.41, 5.74) is 15.4. The number of nitrogens with two attached hydrogens (primary N) is 2. The van der Waals surface area contributed by atoms with Crippen LogP contribution in [0.15, 0.2) is 77.7 Å². The molecule has 6 rings (SSSR count). The van der Waals surface area contributed by atoms with Gasteiger partial charge in [-0.2, -0.15) is 10.2 Å². The third-order valence-corrected chi connectivity index (χ3v) is 10.7. The van der Waals surface area contributed by atoms with E-state index in [0.717, 1.165) is 0 Å². The molecule has 4 heterocycles. The van der Waals surface area contributed by atoms with E-state index in [0.29, 0.717) is 64.6 Å². The average Bonchev–Trinajstić information content (AvgIpc) is 3.88. The molecule has 18 nitrogen and oxygen atoms in total. The fourth-order valence-corrected chi connectivity index (χ4v) is 7.74. The van der Waals surface area contributed by atoms with Crippen LogP contribution in [0.1, 0.15) is 32.1 Å². The molecule has 0 unspecified atom stereocenters. The lowest BCUT2D eigenvalue weighted by atomic mass is 10.2. The molecule has 0 spiro atoms. The van der Waals surface area contributed by atoms with Gasteiger partial charge in [0.15, 0.2) is 31.7 Å². The number of carbonyl (C=O) groups is 2. The number of thioether (sulfide) groups is 2. The Balaban J connectivity index is 1.01. The molecule has 0 atom stereocenters. The van der Waals surface area contributed by atoms with E-state index in [2.05, 4.69) is 51.0 Å². The highest BCUT2D eigenvalue weighted by atomic mass is 32.2. The molecule has 6 aromatic rings. The van der Waals surface area contributed by atoms with Crippen molar-refractivity contribution < 1.29 is 19.8 Å². The molecule has 0 fully saturated rings. The van der Waals surface area contributed by atoms with Gasteiger partial charge in [-0.05, 0) is 50.2 Å². The number of carboxylic acid groups (broad SMARTS) is 2. The van der Waals surface area contributed by atoms with Gasteiger partial charge in [0.2, 0.25) is 0 Å². The van der Waals surface area contributed by atoms with E-state index in [1.165, 1.54) is 79.8 Å². The average molecular weight is 749 g/mol. The predicted molar refractivity (Wildman–Crippen MR) is 189 cm³/mol. The monoisotopic (exact) mass is 748 g/mol. The van der Waals surface area contributed by atoms with Gasteiger partial charge in [-0.25, -0.2) is 19.0 Å². The third kappa shape index (κ3) is 7.67. The molecule has 0 radical (unpaired) electrons. The highest BCUT2D eigenvalue weighted by Gasteiger charge is 2.17. The van der Waals surface area contributed by atoms with Gasteiger partial charge >= 0.3 is 11.9 Å². The highest BCUT2D eigenvalue weighted by molar-refractivity contribution is 8.04. The molecule has 22 heteroatoms. The van der Waals surface area contributed by atoms with E-state index < -0.39 is 11.9 Å². The van der Waals surface area contributed by atoms with Crippen molar-refractivity contribution in [1.82, 2.24) is 40.0 Å². The first kappa shape index (κ1) is 34.3. The summed E-state index contributed by atoms with van der Waals surface area (Å²) in [5, 5.41) is 61.4. The number of benzene rings is 2. The summed E-state index contributed by atoms with van der Waals surface area (Å²) in [7, 11) is 0. The zero-order chi connectivity index (χ0) is 35.4. The number of aryl methyl sites for hydroxylation is 2. The SMILES string of the molecule is Cc1nn(-c2cccc(C(=O)O)c2)c(N)c1N=Nc1nnc(SCCSc2nnc(N=Nc3c(C)nn(-c4cccc(C(=O)O)c4)c3N)s2)s1. The van der Waals surface area contributed by atoms with Crippen LogP contribution in [0.5, 0.6) is 0 Å². The first-order valence-corrected chi connectivity index (χ1v) is 17.8. The number of nitrogens with zero attached hydrogens (tertiary/aromatic N) is 12. The molecule has 0 aliphatic heterocycles. The summed E-state index contributed by atoms with van der Waals surface area (Å²) in [6.07, 6.45) is 0. The van der Waals surface area contributed by atoms with E-state index in [1.807, 2.05) is 0 Å². The van der Waals surface area contributed by atoms with Crippen molar-refractivity contribution >= 4 is 91.4 Å². The molecular formula is C28H24N14O4S4. The fourth-order valence-electron chi connectivity index (χ4n) is 4.30. The maximum atomic E-state index is 11.3. The van der Waals surface area contributed by atoms with Crippen LogP contribution in [0.2, 0.25) is 0 Å². The van der Waals surface area contributed by atoms with Gasteiger partial charge in [-0.3, -0.25) is 0 Å². The van der Waals surface area contributed by atoms with Gasteiger partial charge in [0.1, 0.15) is 0 Å². The largest absolute Gasteiger partial charge is 0.478 e. The number of hydrogen-bond donors (Lipinski definition) is 4. The highest BCUT2D eigenvalue weighted by Crippen LogP contribution is 2.35. The smallest absolute Gasteiger partial charge is 0.335 e. The Morgan fingerprint density at radius 3 is 1.52 bits per heavy atom. The molecule has 0 aliphatic rings. The second-order valence-electron chi connectivity index (χ2n) is 9.97. The van der Waals surface area contributed by atoms with Crippen LogP contribution in [0, 0.1) is 13.8 Å². The maximum absolute atomic E-state index is 11.3. The normalized spacial score (nSPS) is 11.6. The lowest BCUT2D eigenvalue weighted by molar-refractivity contribution is 0.0686. The number of aromatic nitrogens is 8. The molecule has 0 aliphatic carbocycles. The zero-order valence-electron chi connectivity index (χ0n) is 25.9. The summed E-state index contributed by atoms with van der Waals surface area (Å²) >= 11 is 5.56. The minimum absolute atomic E-state index is 0.109. The van der Waals surface area contributed by atoms with Crippen molar-refractivity contribution in [3.05, 3.63) is 71.0 Å². The number of carboxylic acids is 2. The van der Waals surface area contributed by atoms with Crippen LogP contribution >= 0.6 is 46.2 Å². The van der Waals surface area contributed by atoms with E-state index >= 15 is 0 Å². The van der Waals surface area contributed by atoms with Crippen molar-refractivity contribution in [2.24, 2.45) is 20.5 Å². The predicted octanol–water partition coefficient (Wildman–Crippen LogP) is 6.65. The number of azo groups is 2. The van der Waals surface area contributed by atoms with Crippen LogP contribution in [0.4, 0.5) is 33.3 Å². The third-order valence-electron chi connectivity index (χ3n) is 6.60. The van der Waals surface area contributed by atoms with Crippen molar-refractivity contribution in [2.75, 3.05) is 23.0 Å². The van der Waals surface area contributed by atoms with Crippen molar-refractivity contribution in [3.63, 3.8) is 0 Å². The van der Waals surface area contributed by atoms with Gasteiger partial charge in [0.25, 0.3) is 10.3 Å². The van der Waals surface area contributed by atoms with E-state index in [-0.39, 0.29) is 22.8 Å². The first-order chi connectivity index (χ1) is 24.1. The standard InChI is InChI=1S/C28H24N14O4S4/c1-13-19(21(29)41(39-13)17-7-3-5-15(11-17)23(43)44)31-33-25-35-37-27(49-25)47-9-10-48-28-38-36-26(50-28)34-32-20-14(2)40-42(22(20)30)18-8-4-6-16(12-18)24(45)46/h3-8,11-12H,9-10,29-30H2,1-2H3,(H,43,44)(H,45,46). The first-order valence-electron chi connectivity index (χ1n) is 14.2. The van der Waals surface area contributed by atoms with Crippen LogP contribution in [-0.2, 0) is 0 Å². The van der Waals surface area contributed by atoms with Gasteiger partial charge in [0, 0.05) is 11.5 Å². The lowest BCUT2D eigenvalue weighted by Gasteiger charge is -2.04. The molecule has 4 aromatic heterocycles. The Kier molecular flexibility index (Phi) is 10.2. The van der Waals surface area contributed by atoms with E-state index in [4.69, 9.17) is 11.5 Å². The maximum Gasteiger partial charge on any atom is 0.335 e. The van der Waals surface area contributed by atoms with Crippen LogP contribution in [0.25, 0.3) is 11.4 Å². The molecule has 2 aromatic carbocycles. The quantitative estimate of drug-likeness (QED) is 0.0547. The number of rotatable bonds is 13. The topological polar surface area (TPSA) is 263 Å². The fraction of sp³-hybridized carbons (Fsp3) is 0.143. The Labute approximate surface area is 298 Å². The Hall–Kier alpha value is -5.58. The Bertz CT molecular complexity index is 2120. The van der Waals surface area contributed by atoms with Crippen LogP contribution in [-0.4, -0.2) is 73.6 Å². The lowest BCUT2D eigenvalue weighted by Crippen LogP contribution is -2.04. The second-order valence-corrected chi connectivity index (χ2v) is 14.6. The summed E-state index contributed by atoms with van der Waals surface area (Å²) in [6, 6.07) is 12.5. The van der Waals surface area contributed by atoms with Gasteiger partial charge in [-0.15, -0.1) is 40.9 Å². The summed E-state index contributed by atoms with van der Waals surface area (Å²) in [4.78, 5) is 22.7. The minimum atomic E-state index is -1.06. The van der Waals surface area contributed by atoms with Crippen molar-refractivity contribution in [2.45, 2.75) is 22.5 Å². The number of aromatic carboxylic acids is 2.